The van der Waals surface area contributed by atoms with Gasteiger partial charge < -0.3 is 5.32 Å². The van der Waals surface area contributed by atoms with Crippen molar-refractivity contribution < 1.29 is 14.5 Å². The first-order valence-electron chi connectivity index (χ1n) is 4.63. The lowest BCUT2D eigenvalue weighted by atomic mass is 10.2. The molecule has 0 saturated heterocycles. The molecule has 1 amide bonds. The fourth-order valence-corrected chi connectivity index (χ4v) is 1.35. The van der Waals surface area contributed by atoms with E-state index >= 15 is 0 Å². The van der Waals surface area contributed by atoms with Gasteiger partial charge >= 0.3 is 0 Å². The van der Waals surface area contributed by atoms with Crippen LogP contribution in [0.4, 0.5) is 11.4 Å². The minimum Gasteiger partial charge on any atom is -0.325 e. The first kappa shape index (κ1) is 13.1. The van der Waals surface area contributed by atoms with E-state index in [-0.39, 0.29) is 28.6 Å². The number of hydrogen-bond donors (Lipinski definition) is 1. The van der Waals surface area contributed by atoms with Crippen molar-refractivity contribution in [1.82, 2.24) is 0 Å². The Morgan fingerprint density at radius 3 is 2.65 bits per heavy atom. The van der Waals surface area contributed by atoms with Crippen LogP contribution in [0, 0.1) is 10.1 Å². The third-order valence-corrected chi connectivity index (χ3v) is 2.16. The number of benzene rings is 1. The smallest absolute Gasteiger partial charge is 0.289 e. The van der Waals surface area contributed by atoms with Crippen molar-refractivity contribution in [2.24, 2.45) is 0 Å². The lowest BCUT2D eigenvalue weighted by Gasteiger charge is -2.04. The van der Waals surface area contributed by atoms with Crippen molar-refractivity contribution in [1.29, 1.82) is 0 Å². The quantitative estimate of drug-likeness (QED) is 0.508. The maximum absolute atomic E-state index is 11.3. The number of rotatable bonds is 4. The lowest BCUT2D eigenvalue weighted by Crippen LogP contribution is -2.14. The van der Waals surface area contributed by atoms with Gasteiger partial charge in [0.05, 0.1) is 11.3 Å². The number of carbonyl (C=O) groups excluding carboxylic acids is 2. The van der Waals surface area contributed by atoms with Crippen molar-refractivity contribution in [2.75, 3.05) is 5.32 Å². The minimum atomic E-state index is -0.650. The molecule has 0 atom stereocenters. The van der Waals surface area contributed by atoms with Crippen molar-refractivity contribution >= 4 is 34.7 Å². The van der Waals surface area contributed by atoms with Gasteiger partial charge in [-0.25, -0.2) is 0 Å². The van der Waals surface area contributed by atoms with Crippen LogP contribution in [-0.2, 0) is 9.59 Å². The van der Waals surface area contributed by atoms with Crippen molar-refractivity contribution in [3.63, 3.8) is 0 Å². The zero-order valence-electron chi connectivity index (χ0n) is 8.90. The van der Waals surface area contributed by atoms with Gasteiger partial charge in [-0.2, -0.15) is 0 Å². The topological polar surface area (TPSA) is 89.3 Å². The average Bonchev–Trinajstić information content (AvgIpc) is 2.19. The maximum atomic E-state index is 11.3. The van der Waals surface area contributed by atoms with Gasteiger partial charge in [-0.15, -0.1) is 0 Å². The molecule has 0 aliphatic carbocycles. The zero-order valence-corrected chi connectivity index (χ0v) is 9.65. The number of ketones is 1. The molecule has 0 aliphatic rings. The maximum Gasteiger partial charge on any atom is 0.289 e. The number of carbonyl (C=O) groups is 2. The van der Waals surface area contributed by atoms with Crippen LogP contribution in [0.1, 0.15) is 13.3 Å². The van der Waals surface area contributed by atoms with Gasteiger partial charge in [-0.3, -0.25) is 19.7 Å². The van der Waals surface area contributed by atoms with Crippen LogP contribution in [-0.4, -0.2) is 16.6 Å². The zero-order chi connectivity index (χ0) is 13.0. The Hall–Kier alpha value is -1.95. The molecule has 0 radical (unpaired) electrons. The Balaban J connectivity index is 2.86. The summed E-state index contributed by atoms with van der Waals surface area (Å²) < 4.78 is 0. The van der Waals surface area contributed by atoms with E-state index in [1.54, 1.807) is 0 Å². The number of hydrogen-bond acceptors (Lipinski definition) is 4. The number of nitrogens with one attached hydrogen (secondary N) is 1. The minimum absolute atomic E-state index is 0.0143. The summed E-state index contributed by atoms with van der Waals surface area (Å²) in [7, 11) is 0. The Morgan fingerprint density at radius 2 is 2.12 bits per heavy atom. The molecule has 6 nitrogen and oxygen atoms in total. The summed E-state index contributed by atoms with van der Waals surface area (Å²) in [5.41, 5.74) is -0.0698. The lowest BCUT2D eigenvalue weighted by molar-refractivity contribution is -0.384. The van der Waals surface area contributed by atoms with Crippen LogP contribution in [0.2, 0.25) is 5.02 Å². The van der Waals surface area contributed by atoms with Crippen LogP contribution in [0.15, 0.2) is 18.2 Å². The highest BCUT2D eigenvalue weighted by molar-refractivity contribution is 6.32. The van der Waals surface area contributed by atoms with Crippen LogP contribution >= 0.6 is 11.6 Å². The molecular formula is C10H9ClN2O4. The molecule has 0 spiro atoms. The number of nitro groups is 1. The van der Waals surface area contributed by atoms with Crippen LogP contribution in [0.5, 0.6) is 0 Å². The summed E-state index contributed by atoms with van der Waals surface area (Å²) in [4.78, 5) is 31.9. The van der Waals surface area contributed by atoms with E-state index < -0.39 is 10.8 Å². The molecule has 0 aliphatic heterocycles. The SMILES string of the molecule is CC(=O)CC(=O)Nc1ccc(Cl)c([N+](=O)[O-])c1. The largest absolute Gasteiger partial charge is 0.325 e. The summed E-state index contributed by atoms with van der Waals surface area (Å²) in [6, 6.07) is 3.87. The fraction of sp³-hybridized carbons (Fsp3) is 0.200. The van der Waals surface area contributed by atoms with Gasteiger partial charge in [0.15, 0.2) is 0 Å². The van der Waals surface area contributed by atoms with E-state index in [2.05, 4.69) is 5.32 Å². The fourth-order valence-electron chi connectivity index (χ4n) is 1.16. The molecule has 1 N–H and O–H groups in total. The van der Waals surface area contributed by atoms with Gasteiger partial charge in [0.2, 0.25) is 5.91 Å². The predicted molar refractivity (Wildman–Crippen MR) is 62.0 cm³/mol. The molecule has 0 fully saturated rings. The van der Waals surface area contributed by atoms with E-state index in [9.17, 15) is 19.7 Å². The molecular weight excluding hydrogens is 248 g/mol. The van der Waals surface area contributed by atoms with Crippen molar-refractivity contribution in [2.45, 2.75) is 13.3 Å². The number of amides is 1. The molecule has 0 unspecified atom stereocenters. The van der Waals surface area contributed by atoms with E-state index in [1.165, 1.54) is 19.1 Å². The number of nitro benzene ring substituents is 1. The van der Waals surface area contributed by atoms with Gasteiger partial charge in [-0.05, 0) is 19.1 Å². The van der Waals surface area contributed by atoms with Crippen molar-refractivity contribution in [3.05, 3.63) is 33.3 Å². The van der Waals surface area contributed by atoms with E-state index in [1.807, 2.05) is 0 Å². The van der Waals surface area contributed by atoms with E-state index in [4.69, 9.17) is 11.6 Å². The third-order valence-electron chi connectivity index (χ3n) is 1.84. The second-order valence-electron chi connectivity index (χ2n) is 3.35. The Morgan fingerprint density at radius 1 is 1.47 bits per heavy atom. The molecule has 0 heterocycles. The molecule has 0 bridgehead atoms. The highest BCUT2D eigenvalue weighted by atomic mass is 35.5. The van der Waals surface area contributed by atoms with Crippen LogP contribution < -0.4 is 5.32 Å². The summed E-state index contributed by atoms with van der Waals surface area (Å²) in [6.45, 7) is 1.28. The average molecular weight is 257 g/mol. The molecule has 1 aromatic carbocycles. The van der Waals surface area contributed by atoms with Crippen LogP contribution in [0.3, 0.4) is 0 Å². The molecule has 17 heavy (non-hydrogen) atoms. The highest BCUT2D eigenvalue weighted by Crippen LogP contribution is 2.27. The number of nitrogens with zero attached hydrogens (tertiary/aromatic N) is 1. The first-order chi connectivity index (χ1) is 7.90. The highest BCUT2D eigenvalue weighted by Gasteiger charge is 2.14. The first-order valence-corrected chi connectivity index (χ1v) is 5.01. The summed E-state index contributed by atoms with van der Waals surface area (Å²) in [6.07, 6.45) is -0.267. The Labute approximate surface area is 102 Å². The Kier molecular flexibility index (Phi) is 4.17. The third kappa shape index (κ3) is 3.84. The molecule has 90 valence electrons. The molecule has 0 saturated carbocycles. The van der Waals surface area contributed by atoms with Gasteiger partial charge in [-0.1, -0.05) is 11.6 Å². The monoisotopic (exact) mass is 256 g/mol. The normalized spacial score (nSPS) is 9.76. The molecule has 1 aromatic rings. The summed E-state index contributed by atoms with van der Waals surface area (Å²) in [5.74, 6) is -0.805. The Bertz CT molecular complexity index is 487. The number of Topliss-reactive ketones (excluding diaryl/α,β-unsaturated/α-hetero) is 1. The molecule has 1 rings (SSSR count). The summed E-state index contributed by atoms with van der Waals surface area (Å²) in [5, 5.41) is 13.0. The summed E-state index contributed by atoms with van der Waals surface area (Å²) >= 11 is 5.60. The molecule has 7 heteroatoms. The van der Waals surface area contributed by atoms with Gasteiger partial charge in [0, 0.05) is 11.8 Å². The molecule has 0 aromatic heterocycles. The van der Waals surface area contributed by atoms with E-state index in [0.29, 0.717) is 0 Å². The van der Waals surface area contributed by atoms with Crippen LogP contribution in [0.25, 0.3) is 0 Å². The number of anilines is 1. The van der Waals surface area contributed by atoms with Crippen molar-refractivity contribution in [3.8, 4) is 0 Å². The van der Waals surface area contributed by atoms with Gasteiger partial charge in [0.1, 0.15) is 10.8 Å². The second kappa shape index (κ2) is 5.40. The van der Waals surface area contributed by atoms with E-state index in [0.717, 1.165) is 6.07 Å². The number of halogens is 1. The standard InChI is InChI=1S/C10H9ClN2O4/c1-6(14)4-10(15)12-7-2-3-8(11)9(5-7)13(16)17/h2-3,5H,4H2,1H3,(H,12,15). The predicted octanol–water partition coefficient (Wildman–Crippen LogP) is 2.17. The van der Waals surface area contributed by atoms with Gasteiger partial charge in [0.25, 0.3) is 5.69 Å². The second-order valence-corrected chi connectivity index (χ2v) is 3.76.